The van der Waals surface area contributed by atoms with E-state index in [9.17, 15) is 26.6 Å². The van der Waals surface area contributed by atoms with E-state index in [1.165, 1.54) is 31.6 Å². The number of methoxy groups -OCH3 is 1. The van der Waals surface area contributed by atoms with Crippen molar-refractivity contribution in [1.82, 2.24) is 4.98 Å². The van der Waals surface area contributed by atoms with E-state index in [1.54, 1.807) is 6.92 Å². The average Bonchev–Trinajstić information content (AvgIpc) is 2.63. The van der Waals surface area contributed by atoms with E-state index >= 15 is 0 Å². The Morgan fingerprint density at radius 2 is 1.97 bits per heavy atom. The molecule has 160 valence electrons. The molecule has 0 bridgehead atoms. The van der Waals surface area contributed by atoms with Crippen LogP contribution in [0.25, 0.3) is 0 Å². The first kappa shape index (κ1) is 23.1. The van der Waals surface area contributed by atoms with Crippen LogP contribution in [0.2, 0.25) is 0 Å². The molecule has 9 heteroatoms. The Morgan fingerprint density at radius 3 is 2.48 bits per heavy atom. The Labute approximate surface area is 168 Å². The summed E-state index contributed by atoms with van der Waals surface area (Å²) in [5.41, 5.74) is 0.717. The van der Waals surface area contributed by atoms with Gasteiger partial charge in [0.1, 0.15) is 4.90 Å². The third-order valence-corrected chi connectivity index (χ3v) is 5.77. The monoisotopic (exact) mass is 433 g/mol. The molecule has 0 saturated heterocycles. The van der Waals surface area contributed by atoms with E-state index in [1.807, 2.05) is 0 Å². The molecule has 1 fully saturated rings. The van der Waals surface area contributed by atoms with E-state index in [4.69, 9.17) is 0 Å². The molecule has 0 amide bonds. The lowest BCUT2D eigenvalue weighted by Gasteiger charge is -2.29. The number of hydrogen-bond donors (Lipinski definition) is 1. The maximum absolute atomic E-state index is 13.4. The van der Waals surface area contributed by atoms with Gasteiger partial charge in [0.05, 0.1) is 17.9 Å². The van der Waals surface area contributed by atoms with Crippen LogP contribution in [-0.2, 0) is 10.8 Å². The topological polar surface area (TPSA) is 59.2 Å². The van der Waals surface area contributed by atoms with E-state index in [-0.39, 0.29) is 34.8 Å². The van der Waals surface area contributed by atoms with Gasteiger partial charge in [-0.1, -0.05) is 6.07 Å². The van der Waals surface area contributed by atoms with Crippen molar-refractivity contribution < 1.29 is 26.5 Å². The van der Waals surface area contributed by atoms with Crippen molar-refractivity contribution in [3.63, 3.8) is 0 Å². The summed E-state index contributed by atoms with van der Waals surface area (Å²) in [6, 6.07) is 5.11. The lowest BCUT2D eigenvalue weighted by atomic mass is 9.84. The van der Waals surface area contributed by atoms with Crippen LogP contribution in [0.3, 0.4) is 0 Å². The number of nitrogens with one attached hydrogen (secondary N) is 1. The first-order valence-electron chi connectivity index (χ1n) is 8.99. The third-order valence-electron chi connectivity index (χ3n) is 4.69. The van der Waals surface area contributed by atoms with Crippen molar-refractivity contribution in [2.75, 3.05) is 13.4 Å². The summed E-state index contributed by atoms with van der Waals surface area (Å²) < 4.78 is 67.6. The zero-order valence-electron chi connectivity index (χ0n) is 16.4. The van der Waals surface area contributed by atoms with Crippen LogP contribution in [0.1, 0.15) is 43.0 Å². The quantitative estimate of drug-likeness (QED) is 0.715. The number of alkyl halides is 2. The summed E-state index contributed by atoms with van der Waals surface area (Å²) in [7, 11) is -0.0830. The van der Waals surface area contributed by atoms with Gasteiger partial charge in [-0.15, -0.1) is 0 Å². The summed E-state index contributed by atoms with van der Waals surface area (Å²) in [6.45, 7) is 1.66. The van der Waals surface area contributed by atoms with Crippen LogP contribution < -0.4 is 10.2 Å². The fraction of sp³-hybridized carbons (Fsp3) is 0.450. The fourth-order valence-corrected chi connectivity index (χ4v) is 4.18. The molecule has 1 N–H and O–H groups in total. The Hall–Kier alpha value is -2.16. The van der Waals surface area contributed by atoms with Gasteiger partial charge in [-0.05, 0) is 31.9 Å². The van der Waals surface area contributed by atoms with Crippen LogP contribution in [0.5, 0.6) is 5.75 Å². The number of aromatic amines is 1. The van der Waals surface area contributed by atoms with Crippen molar-refractivity contribution in [3.8, 4) is 5.75 Å². The van der Waals surface area contributed by atoms with Crippen molar-refractivity contribution in [2.24, 2.45) is 0 Å². The Kier molecular flexibility index (Phi) is 7.62. The minimum atomic E-state index is -2.65. The van der Waals surface area contributed by atoms with E-state index in [0.29, 0.717) is 24.2 Å². The van der Waals surface area contributed by atoms with Crippen LogP contribution >= 0.6 is 0 Å². The van der Waals surface area contributed by atoms with Crippen molar-refractivity contribution in [2.45, 2.75) is 49.3 Å². The number of pyridine rings is 1. The van der Waals surface area contributed by atoms with Gasteiger partial charge in [0, 0.05) is 42.5 Å². The number of aryl methyl sites for hydroxylation is 1. The molecule has 29 heavy (non-hydrogen) atoms. The minimum absolute atomic E-state index is 0.0694. The average molecular weight is 433 g/mol. The number of hydrogen-bond acceptors (Lipinski definition) is 3. The fourth-order valence-electron chi connectivity index (χ4n) is 3.36. The molecule has 1 aliphatic carbocycles. The van der Waals surface area contributed by atoms with E-state index < -0.39 is 28.4 Å². The second-order valence-electron chi connectivity index (χ2n) is 6.90. The molecule has 1 saturated carbocycles. The molecule has 2 aromatic rings. The molecule has 4 nitrogen and oxygen atoms in total. The highest BCUT2D eigenvalue weighted by molar-refractivity contribution is 7.84. The van der Waals surface area contributed by atoms with Crippen LogP contribution in [0.4, 0.5) is 17.6 Å². The van der Waals surface area contributed by atoms with E-state index in [0.717, 1.165) is 6.07 Å². The largest absolute Gasteiger partial charge is 0.494 e. The molecule has 2 atom stereocenters. The molecule has 1 heterocycles. The van der Waals surface area contributed by atoms with Crippen LogP contribution in [0.15, 0.2) is 34.0 Å². The molecule has 1 aromatic heterocycles. The van der Waals surface area contributed by atoms with Gasteiger partial charge in [-0.2, -0.15) is 4.39 Å². The zero-order chi connectivity index (χ0) is 21.8. The molecule has 1 aliphatic rings. The molecular formula is C20H23F4NO3S. The van der Waals surface area contributed by atoms with Gasteiger partial charge in [0.2, 0.25) is 11.7 Å². The summed E-state index contributed by atoms with van der Waals surface area (Å²) in [5.74, 6) is -4.88. The predicted octanol–water partition coefficient (Wildman–Crippen LogP) is 4.69. The van der Waals surface area contributed by atoms with Gasteiger partial charge in [0.25, 0.3) is 0 Å². The van der Waals surface area contributed by atoms with Gasteiger partial charge < -0.3 is 9.72 Å². The summed E-state index contributed by atoms with van der Waals surface area (Å²) >= 11 is 0. The normalized spacial score (nSPS) is 19.1. The van der Waals surface area contributed by atoms with Crippen LogP contribution in [-0.4, -0.2) is 28.5 Å². The standard InChI is InChI=1S/C13H17F2NO2S.C7H6F2O/c1-8-12(19(2)18)11(17)6-10(16-8)9-4-3-5-13(14,15)7-9;1-10-6-4-2-3-5(8)7(6)9/h6,9H,3-5,7H2,1-2H3,(H,16,17);2-4H,1H3/t9-,19?;/m0./s1. The smallest absolute Gasteiger partial charge is 0.248 e. The van der Waals surface area contributed by atoms with Gasteiger partial charge >= 0.3 is 0 Å². The molecule has 1 aromatic carbocycles. The molecular weight excluding hydrogens is 410 g/mol. The Morgan fingerprint density at radius 1 is 1.28 bits per heavy atom. The molecule has 0 radical (unpaired) electrons. The Balaban J connectivity index is 0.000000253. The lowest BCUT2D eigenvalue weighted by Crippen LogP contribution is -2.26. The number of H-pyrrole nitrogens is 1. The molecule has 1 unspecified atom stereocenters. The van der Waals surface area contributed by atoms with Crippen LogP contribution in [0, 0.1) is 18.6 Å². The zero-order valence-corrected chi connectivity index (χ0v) is 17.2. The summed E-state index contributed by atoms with van der Waals surface area (Å²) in [4.78, 5) is 15.1. The second-order valence-corrected chi connectivity index (χ2v) is 8.22. The number of benzene rings is 1. The maximum Gasteiger partial charge on any atom is 0.248 e. The first-order valence-corrected chi connectivity index (χ1v) is 10.5. The maximum atomic E-state index is 13.4. The third kappa shape index (κ3) is 5.91. The summed E-state index contributed by atoms with van der Waals surface area (Å²) in [6.07, 6.45) is 2.24. The lowest BCUT2D eigenvalue weighted by molar-refractivity contribution is -0.0412. The minimum Gasteiger partial charge on any atom is -0.494 e. The predicted molar refractivity (Wildman–Crippen MR) is 103 cm³/mol. The van der Waals surface area contributed by atoms with Crippen molar-refractivity contribution in [1.29, 1.82) is 0 Å². The Bertz CT molecular complexity index is 946. The first-order chi connectivity index (χ1) is 13.6. The number of aromatic nitrogens is 1. The second kappa shape index (κ2) is 9.56. The molecule has 3 rings (SSSR count). The van der Waals surface area contributed by atoms with Gasteiger partial charge in [-0.25, -0.2) is 13.2 Å². The van der Waals surface area contributed by atoms with Gasteiger partial charge in [0.15, 0.2) is 17.0 Å². The number of halogens is 4. The van der Waals surface area contributed by atoms with E-state index in [2.05, 4.69) is 9.72 Å². The highest BCUT2D eigenvalue weighted by Crippen LogP contribution is 2.41. The van der Waals surface area contributed by atoms with Crippen molar-refractivity contribution >= 4 is 10.8 Å². The molecule has 0 spiro atoms. The highest BCUT2D eigenvalue weighted by Gasteiger charge is 2.37. The SMILES string of the molecule is COc1cccc(F)c1F.Cc1[nH]c([C@H]2CCCC(F)(F)C2)cc(=O)c1S(C)=O. The number of rotatable bonds is 3. The van der Waals surface area contributed by atoms with Gasteiger partial charge in [-0.3, -0.25) is 9.00 Å². The highest BCUT2D eigenvalue weighted by atomic mass is 32.2. The number of ether oxygens (including phenoxy) is 1. The molecule has 0 aliphatic heterocycles. The summed E-state index contributed by atoms with van der Waals surface area (Å²) in [5, 5.41) is 0. The van der Waals surface area contributed by atoms with Crippen molar-refractivity contribution in [3.05, 3.63) is 57.5 Å².